The van der Waals surface area contributed by atoms with Crippen molar-refractivity contribution in [2.45, 2.75) is 50.7 Å². The number of hydrogen-bond acceptors (Lipinski definition) is 6. The summed E-state index contributed by atoms with van der Waals surface area (Å²) < 4.78 is 0. The number of nitrogens with two attached hydrogens (primary N) is 2. The minimum atomic E-state index is -1.19. The van der Waals surface area contributed by atoms with Crippen molar-refractivity contribution < 1.29 is 24.3 Å². The highest BCUT2D eigenvalue weighted by molar-refractivity contribution is 5.92. The third-order valence-corrected chi connectivity index (χ3v) is 4.13. The number of aliphatic carboxylic acids is 1. The maximum atomic E-state index is 12.4. The molecule has 1 heterocycles. The van der Waals surface area contributed by atoms with Crippen molar-refractivity contribution in [1.82, 2.24) is 21.3 Å². The van der Waals surface area contributed by atoms with Crippen LogP contribution in [0.2, 0.25) is 0 Å². The van der Waals surface area contributed by atoms with E-state index >= 15 is 0 Å². The van der Waals surface area contributed by atoms with E-state index in [4.69, 9.17) is 16.6 Å². The Morgan fingerprint density at radius 2 is 1.96 bits per heavy atom. The van der Waals surface area contributed by atoms with Crippen molar-refractivity contribution in [2.24, 2.45) is 16.5 Å². The predicted molar refractivity (Wildman–Crippen MR) is 101 cm³/mol. The molecule has 12 nitrogen and oxygen atoms in total. The number of nitrogens with zero attached hydrogens (tertiary/aromatic N) is 1. The van der Waals surface area contributed by atoms with Gasteiger partial charge in [-0.25, -0.2) is 0 Å². The molecule has 1 fully saturated rings. The third kappa shape index (κ3) is 8.66. The maximum Gasteiger partial charge on any atom is 0.325 e. The van der Waals surface area contributed by atoms with E-state index in [1.54, 1.807) is 0 Å². The molecule has 0 aromatic rings. The maximum absolute atomic E-state index is 12.4. The van der Waals surface area contributed by atoms with Gasteiger partial charge in [-0.15, -0.1) is 0 Å². The van der Waals surface area contributed by atoms with Crippen LogP contribution in [0.25, 0.3) is 0 Å². The van der Waals surface area contributed by atoms with Gasteiger partial charge < -0.3 is 37.8 Å². The third-order valence-electron chi connectivity index (χ3n) is 4.13. The van der Waals surface area contributed by atoms with Crippen LogP contribution in [0.5, 0.6) is 0 Å². The summed E-state index contributed by atoms with van der Waals surface area (Å²) in [5.74, 6) is -2.73. The summed E-state index contributed by atoms with van der Waals surface area (Å²) in [5, 5.41) is 19.1. The Hall–Kier alpha value is -2.89. The molecule has 12 heteroatoms. The van der Waals surface area contributed by atoms with Gasteiger partial charge in [0, 0.05) is 6.54 Å². The molecule has 0 aromatic heterocycles. The SMILES string of the molecule is CC(NC(=O)CNC(=O)C(CCCN=C(N)N)NC(=O)C1CCCN1)C(=O)O. The van der Waals surface area contributed by atoms with Gasteiger partial charge in [-0.2, -0.15) is 0 Å². The number of carbonyl (C=O) groups excluding carboxylic acids is 3. The average molecular weight is 399 g/mol. The minimum absolute atomic E-state index is 0.0654. The van der Waals surface area contributed by atoms with E-state index in [1.807, 2.05) is 0 Å². The molecule has 0 saturated carbocycles. The molecule has 158 valence electrons. The van der Waals surface area contributed by atoms with Gasteiger partial charge in [-0.05, 0) is 39.2 Å². The van der Waals surface area contributed by atoms with E-state index in [0.717, 1.165) is 13.0 Å². The Balaban J connectivity index is 2.58. The Bertz CT molecular complexity index is 600. The molecule has 0 aliphatic carbocycles. The Labute approximate surface area is 162 Å². The second-order valence-corrected chi connectivity index (χ2v) is 6.50. The van der Waals surface area contributed by atoms with Crippen LogP contribution in [-0.4, -0.2) is 72.5 Å². The quantitative estimate of drug-likeness (QED) is 0.108. The molecule has 0 bridgehead atoms. The highest BCUT2D eigenvalue weighted by Crippen LogP contribution is 2.06. The molecule has 1 aliphatic heterocycles. The normalized spacial score (nSPS) is 17.8. The summed E-state index contributed by atoms with van der Waals surface area (Å²) in [7, 11) is 0. The lowest BCUT2D eigenvalue weighted by Crippen LogP contribution is -2.53. The lowest BCUT2D eigenvalue weighted by Gasteiger charge is -2.20. The predicted octanol–water partition coefficient (Wildman–Crippen LogP) is -3.02. The van der Waals surface area contributed by atoms with E-state index in [-0.39, 0.29) is 24.3 Å². The molecule has 1 saturated heterocycles. The van der Waals surface area contributed by atoms with Gasteiger partial charge in [-0.1, -0.05) is 0 Å². The molecule has 0 aromatic carbocycles. The molecule has 3 amide bonds. The van der Waals surface area contributed by atoms with Crippen LogP contribution in [0.3, 0.4) is 0 Å². The second-order valence-electron chi connectivity index (χ2n) is 6.50. The molecule has 0 radical (unpaired) electrons. The highest BCUT2D eigenvalue weighted by Gasteiger charge is 2.27. The lowest BCUT2D eigenvalue weighted by atomic mass is 10.1. The van der Waals surface area contributed by atoms with Gasteiger partial charge in [0.2, 0.25) is 17.7 Å². The van der Waals surface area contributed by atoms with Crippen molar-refractivity contribution in [3.63, 3.8) is 0 Å². The molecule has 9 N–H and O–H groups in total. The fourth-order valence-corrected chi connectivity index (χ4v) is 2.60. The van der Waals surface area contributed by atoms with E-state index in [0.29, 0.717) is 19.4 Å². The molecular weight excluding hydrogens is 370 g/mol. The van der Waals surface area contributed by atoms with E-state index in [9.17, 15) is 19.2 Å². The zero-order valence-corrected chi connectivity index (χ0v) is 15.9. The van der Waals surface area contributed by atoms with Gasteiger partial charge >= 0.3 is 5.97 Å². The smallest absolute Gasteiger partial charge is 0.325 e. The van der Waals surface area contributed by atoms with E-state index < -0.39 is 36.4 Å². The van der Waals surface area contributed by atoms with Crippen LogP contribution in [0.15, 0.2) is 4.99 Å². The van der Waals surface area contributed by atoms with Crippen molar-refractivity contribution in [3.8, 4) is 0 Å². The largest absolute Gasteiger partial charge is 0.480 e. The second kappa shape index (κ2) is 11.7. The van der Waals surface area contributed by atoms with Crippen molar-refractivity contribution in [2.75, 3.05) is 19.6 Å². The first-order chi connectivity index (χ1) is 13.2. The van der Waals surface area contributed by atoms with Gasteiger partial charge in [0.1, 0.15) is 12.1 Å². The van der Waals surface area contributed by atoms with Gasteiger partial charge in [0.25, 0.3) is 0 Å². The van der Waals surface area contributed by atoms with Crippen LogP contribution in [0.1, 0.15) is 32.6 Å². The van der Waals surface area contributed by atoms with Gasteiger partial charge in [0.05, 0.1) is 12.6 Å². The Morgan fingerprint density at radius 1 is 1.25 bits per heavy atom. The molecule has 3 unspecified atom stereocenters. The van der Waals surface area contributed by atoms with Crippen LogP contribution >= 0.6 is 0 Å². The van der Waals surface area contributed by atoms with Crippen LogP contribution in [0, 0.1) is 0 Å². The standard InChI is InChI=1S/C16H29N7O5/c1-9(15(27)28)22-12(24)8-21-13(25)11(5-3-7-20-16(17)18)23-14(26)10-4-2-6-19-10/h9-11,19H,2-8H2,1H3,(H,21,25)(H,22,24)(H,23,26)(H,27,28)(H4,17,18,20). The topological polar surface area (TPSA) is 201 Å². The highest BCUT2D eigenvalue weighted by atomic mass is 16.4. The van der Waals surface area contributed by atoms with Gasteiger partial charge in [0.15, 0.2) is 5.96 Å². The number of nitrogens with one attached hydrogen (secondary N) is 4. The number of carbonyl (C=O) groups is 4. The Morgan fingerprint density at radius 3 is 2.54 bits per heavy atom. The fourth-order valence-electron chi connectivity index (χ4n) is 2.60. The first-order valence-electron chi connectivity index (χ1n) is 9.09. The zero-order valence-electron chi connectivity index (χ0n) is 15.9. The van der Waals surface area contributed by atoms with Crippen molar-refractivity contribution in [1.29, 1.82) is 0 Å². The molecular formula is C16H29N7O5. The number of guanidine groups is 1. The number of hydrogen-bond donors (Lipinski definition) is 7. The molecule has 3 atom stereocenters. The molecule has 0 spiro atoms. The summed E-state index contributed by atoms with van der Waals surface area (Å²) in [5.41, 5.74) is 10.5. The number of amides is 3. The number of aliphatic imine (C=N–C) groups is 1. The summed E-state index contributed by atoms with van der Waals surface area (Å²) in [6.07, 6.45) is 2.27. The average Bonchev–Trinajstić information content (AvgIpc) is 3.16. The summed E-state index contributed by atoms with van der Waals surface area (Å²) in [6, 6.07) is -2.30. The van der Waals surface area contributed by atoms with Crippen LogP contribution < -0.4 is 32.7 Å². The lowest BCUT2D eigenvalue weighted by molar-refractivity contribution is -0.141. The summed E-state index contributed by atoms with van der Waals surface area (Å²) in [4.78, 5) is 51.0. The number of carboxylic acids is 1. The zero-order chi connectivity index (χ0) is 21.1. The first-order valence-corrected chi connectivity index (χ1v) is 9.09. The fraction of sp³-hybridized carbons (Fsp3) is 0.688. The van der Waals surface area contributed by atoms with E-state index in [1.165, 1.54) is 6.92 Å². The molecule has 1 rings (SSSR count). The van der Waals surface area contributed by atoms with Crippen molar-refractivity contribution in [3.05, 3.63) is 0 Å². The van der Waals surface area contributed by atoms with Crippen LogP contribution in [-0.2, 0) is 19.2 Å². The number of carboxylic acid groups (broad SMARTS) is 1. The molecule has 28 heavy (non-hydrogen) atoms. The minimum Gasteiger partial charge on any atom is -0.480 e. The van der Waals surface area contributed by atoms with Gasteiger partial charge in [-0.3, -0.25) is 24.2 Å². The van der Waals surface area contributed by atoms with Crippen molar-refractivity contribution >= 4 is 29.7 Å². The summed E-state index contributed by atoms with van der Waals surface area (Å²) >= 11 is 0. The summed E-state index contributed by atoms with van der Waals surface area (Å²) in [6.45, 7) is 1.93. The van der Waals surface area contributed by atoms with E-state index in [2.05, 4.69) is 26.3 Å². The molecule has 1 aliphatic rings. The Kier molecular flexibility index (Phi) is 9.71. The first kappa shape index (κ1) is 23.1. The number of rotatable bonds is 11. The van der Waals surface area contributed by atoms with Crippen LogP contribution in [0.4, 0.5) is 0 Å². The monoisotopic (exact) mass is 399 g/mol.